The van der Waals surface area contributed by atoms with E-state index in [0.29, 0.717) is 88.3 Å². The average molecular weight is 872 g/mol. The normalized spacial score (nSPS) is 15.2. The van der Waals surface area contributed by atoms with Crippen molar-refractivity contribution in [1.29, 1.82) is 0 Å². The molecule has 2 unspecified atom stereocenters. The van der Waals surface area contributed by atoms with Crippen molar-refractivity contribution in [3.05, 3.63) is 39.8 Å². The molecule has 1 fully saturated rings. The lowest BCUT2D eigenvalue weighted by Gasteiger charge is -2.27. The first-order valence-electron chi connectivity index (χ1n) is 19.4. The highest BCUT2D eigenvalue weighted by atomic mass is 32.2. The van der Waals surface area contributed by atoms with E-state index in [1.54, 1.807) is 6.92 Å². The van der Waals surface area contributed by atoms with Gasteiger partial charge in [-0.05, 0) is 69.4 Å². The largest absolute Gasteiger partial charge is 0.469 e. The van der Waals surface area contributed by atoms with Crippen LogP contribution < -0.4 is 4.90 Å². The second kappa shape index (κ2) is 28.3. The first-order valence-corrected chi connectivity index (χ1v) is 21.9. The van der Waals surface area contributed by atoms with Gasteiger partial charge in [0.05, 0.1) is 84.1 Å². The summed E-state index contributed by atoms with van der Waals surface area (Å²) in [4.78, 5) is 55.5. The molecule has 0 radical (unpaired) electrons. The molecule has 1 aromatic carbocycles. The average Bonchev–Trinajstić information content (AvgIpc) is 3.55. The third kappa shape index (κ3) is 18.3. The minimum absolute atomic E-state index is 0.0878. The first-order chi connectivity index (χ1) is 28.3. The number of benzene rings is 1. The Morgan fingerprint density at radius 3 is 1.90 bits per heavy atom. The van der Waals surface area contributed by atoms with Crippen LogP contribution in [0.3, 0.4) is 0 Å². The zero-order valence-electron chi connectivity index (χ0n) is 34.4. The van der Waals surface area contributed by atoms with Crippen LogP contribution in [0.5, 0.6) is 0 Å². The van der Waals surface area contributed by atoms with Gasteiger partial charge >= 0.3 is 24.1 Å². The summed E-state index contributed by atoms with van der Waals surface area (Å²) in [7, 11) is -3.06. The predicted molar refractivity (Wildman–Crippen MR) is 215 cm³/mol. The van der Waals surface area contributed by atoms with E-state index in [0.717, 1.165) is 42.0 Å². The quantitative estimate of drug-likeness (QED) is 0.0408. The van der Waals surface area contributed by atoms with Gasteiger partial charge in [0.1, 0.15) is 22.2 Å². The number of methoxy groups -OCH3 is 1. The van der Waals surface area contributed by atoms with Crippen molar-refractivity contribution < 1.29 is 70.1 Å². The zero-order valence-corrected chi connectivity index (χ0v) is 36.1. The summed E-state index contributed by atoms with van der Waals surface area (Å²) >= 11 is 0.991. The highest BCUT2D eigenvalue weighted by Crippen LogP contribution is 2.39. The van der Waals surface area contributed by atoms with Crippen LogP contribution in [-0.2, 0) is 74.6 Å². The molecule has 2 atom stereocenters. The maximum Gasteiger partial charge on any atom is 0.373 e. The number of carbonyl (C=O) groups is 3. The standard InChI is InChI=1S/C38H57N3O13S2.CO2/c1-6-29-32(26-56(45,46)47)34(38(44)53-8-3)55-35(29)40-39-33-14-13-28(25-27(33)4)41(7-2)15-16-49-17-18-50-19-20-51-21-22-52-23-24-54-37(43)31-12-10-9-11-30(31)36(42)48-5;2-1-3/h13-14,25,30-31H,6-12,15-24,26H2,1-5H3,(H,45,46,47);. The van der Waals surface area contributed by atoms with E-state index >= 15 is 0 Å². The molecule has 20 heteroatoms. The molecule has 0 spiro atoms. The van der Waals surface area contributed by atoms with Gasteiger partial charge in [0.2, 0.25) is 0 Å². The molecule has 1 heterocycles. The SMILES string of the molecule is CCOC(=O)c1sc(N=Nc2ccc(N(CC)CCOCCOCCOCCOCCOC(=O)C3CCCCC3C(=O)OC)cc2C)c(CC)c1CS(=O)(=O)O.O=C=O. The minimum atomic E-state index is -4.40. The van der Waals surface area contributed by atoms with Gasteiger partial charge in [-0.15, -0.1) is 21.6 Å². The Labute approximate surface area is 349 Å². The van der Waals surface area contributed by atoms with Gasteiger partial charge in [-0.2, -0.15) is 18.0 Å². The molecule has 1 aliphatic carbocycles. The van der Waals surface area contributed by atoms with Crippen molar-refractivity contribution >= 4 is 61.9 Å². The van der Waals surface area contributed by atoms with E-state index in [1.807, 2.05) is 32.0 Å². The van der Waals surface area contributed by atoms with Crippen LogP contribution in [0.15, 0.2) is 28.4 Å². The summed E-state index contributed by atoms with van der Waals surface area (Å²) in [5.41, 5.74) is 3.18. The summed E-state index contributed by atoms with van der Waals surface area (Å²) in [5.74, 6) is -3.00. The van der Waals surface area contributed by atoms with Gasteiger partial charge in [-0.25, -0.2) is 4.79 Å². The summed E-state index contributed by atoms with van der Waals surface area (Å²) in [6.07, 6.45) is 3.69. The number of carbonyl (C=O) groups excluding carboxylic acids is 5. The molecule has 1 aliphatic rings. The van der Waals surface area contributed by atoms with Crippen LogP contribution in [0.4, 0.5) is 16.4 Å². The molecule has 1 aromatic heterocycles. The number of thiophene rings is 1. The smallest absolute Gasteiger partial charge is 0.373 e. The van der Waals surface area contributed by atoms with Gasteiger partial charge in [0.15, 0.2) is 0 Å². The van der Waals surface area contributed by atoms with Crippen molar-refractivity contribution in [3.63, 3.8) is 0 Å². The number of anilines is 1. The Morgan fingerprint density at radius 1 is 0.831 bits per heavy atom. The fraction of sp³-hybridized carbons (Fsp3) is 0.641. The lowest BCUT2D eigenvalue weighted by atomic mass is 9.79. The molecule has 0 bridgehead atoms. The number of ether oxygens (including phenoxy) is 7. The van der Waals surface area contributed by atoms with E-state index in [1.165, 1.54) is 7.11 Å². The number of rotatable bonds is 26. The van der Waals surface area contributed by atoms with Gasteiger partial charge in [0, 0.05) is 24.3 Å². The van der Waals surface area contributed by atoms with Crippen LogP contribution in [-0.4, -0.2) is 123 Å². The number of hydrogen-bond acceptors (Lipinski definition) is 18. The predicted octanol–water partition coefficient (Wildman–Crippen LogP) is 5.43. The summed E-state index contributed by atoms with van der Waals surface area (Å²) < 4.78 is 70.6. The zero-order chi connectivity index (χ0) is 43.6. The molecule has 2 aromatic rings. The molecule has 18 nitrogen and oxygen atoms in total. The topological polar surface area (TPSA) is 232 Å². The fourth-order valence-corrected chi connectivity index (χ4v) is 8.14. The number of azo groups is 1. The number of nitrogens with zero attached hydrogens (tertiary/aromatic N) is 3. The molecular formula is C39H57N3O15S2. The maximum absolute atomic E-state index is 12.6. The van der Waals surface area contributed by atoms with E-state index in [9.17, 15) is 27.4 Å². The Bertz CT molecular complexity index is 1780. The van der Waals surface area contributed by atoms with Crippen LogP contribution in [0.1, 0.15) is 72.8 Å². The number of likely N-dealkylation sites (N-methyl/N-ethyl adjacent to an activating group) is 1. The van der Waals surface area contributed by atoms with Crippen molar-refractivity contribution in [3.8, 4) is 0 Å². The Balaban J connectivity index is 0.00000387. The number of aryl methyl sites for hydroxylation is 1. The molecular weight excluding hydrogens is 815 g/mol. The monoisotopic (exact) mass is 871 g/mol. The van der Waals surface area contributed by atoms with Gasteiger partial charge in [0.25, 0.3) is 10.1 Å². The first kappa shape index (κ1) is 51.0. The lowest BCUT2D eigenvalue weighted by molar-refractivity contribution is -0.191. The summed E-state index contributed by atoms with van der Waals surface area (Å²) in [6.45, 7) is 12.3. The molecule has 0 amide bonds. The van der Waals surface area contributed by atoms with Crippen LogP contribution in [0.25, 0.3) is 0 Å². The van der Waals surface area contributed by atoms with Gasteiger partial charge in [-0.3, -0.25) is 14.1 Å². The van der Waals surface area contributed by atoms with Crippen LogP contribution in [0.2, 0.25) is 0 Å². The molecule has 0 aliphatic heterocycles. The third-order valence-electron chi connectivity index (χ3n) is 9.08. The second-order valence-electron chi connectivity index (χ2n) is 13.0. The van der Waals surface area contributed by atoms with E-state index in [-0.39, 0.29) is 48.4 Å². The molecule has 1 saturated carbocycles. The highest BCUT2D eigenvalue weighted by molar-refractivity contribution is 7.85. The third-order valence-corrected chi connectivity index (χ3v) is 10.9. The Hall–Kier alpha value is -4.14. The Morgan fingerprint density at radius 2 is 1.39 bits per heavy atom. The van der Waals surface area contributed by atoms with E-state index in [4.69, 9.17) is 42.7 Å². The van der Waals surface area contributed by atoms with E-state index in [2.05, 4.69) is 22.1 Å². The molecule has 0 saturated heterocycles. The highest BCUT2D eigenvalue weighted by Gasteiger charge is 2.37. The maximum atomic E-state index is 12.6. The van der Waals surface area contributed by atoms with Gasteiger partial charge < -0.3 is 38.1 Å². The van der Waals surface area contributed by atoms with Crippen LogP contribution >= 0.6 is 11.3 Å². The summed E-state index contributed by atoms with van der Waals surface area (Å²) in [5, 5.41) is 9.17. The van der Waals surface area contributed by atoms with Crippen molar-refractivity contribution in [2.24, 2.45) is 22.1 Å². The van der Waals surface area contributed by atoms with Crippen LogP contribution in [0, 0.1) is 18.8 Å². The molecule has 59 heavy (non-hydrogen) atoms. The fourth-order valence-electron chi connectivity index (χ4n) is 6.24. The molecule has 3 rings (SSSR count). The summed E-state index contributed by atoms with van der Waals surface area (Å²) in [6, 6.07) is 5.80. The second-order valence-corrected chi connectivity index (χ2v) is 15.4. The number of hydrogen-bond donors (Lipinski definition) is 1. The van der Waals surface area contributed by atoms with Crippen molar-refractivity contribution in [2.45, 2.75) is 65.6 Å². The minimum Gasteiger partial charge on any atom is -0.469 e. The Kier molecular flexibility index (Phi) is 24.5. The van der Waals surface area contributed by atoms with Crippen molar-refractivity contribution in [1.82, 2.24) is 0 Å². The number of esters is 3. The van der Waals surface area contributed by atoms with Crippen molar-refractivity contribution in [2.75, 3.05) is 91.2 Å². The molecule has 330 valence electrons. The van der Waals surface area contributed by atoms with Gasteiger partial charge in [-0.1, -0.05) is 19.8 Å². The lowest BCUT2D eigenvalue weighted by Crippen LogP contribution is -2.35. The molecule has 1 N–H and O–H groups in total. The van der Waals surface area contributed by atoms with E-state index < -0.39 is 33.7 Å².